The molecule has 0 heterocycles. The van der Waals surface area contributed by atoms with Crippen LogP contribution >= 0.6 is 0 Å². The van der Waals surface area contributed by atoms with Crippen LogP contribution in [0.3, 0.4) is 0 Å². The molecule has 0 atom stereocenters. The van der Waals surface area contributed by atoms with Crippen molar-refractivity contribution in [2.45, 2.75) is 0 Å². The minimum atomic E-state index is -0.258. The fraction of sp³-hybridized carbons (Fsp3) is 0. The zero-order valence-electron chi connectivity index (χ0n) is 10.7. The van der Waals surface area contributed by atoms with E-state index in [1.807, 2.05) is 0 Å². The van der Waals surface area contributed by atoms with Crippen LogP contribution in [0.15, 0.2) is 72.8 Å². The first-order valence-corrected chi connectivity index (χ1v) is 6.35. The molecular formula is C18H12F2. The Labute approximate surface area is 116 Å². The normalized spacial score (nSPS) is 10.5. The van der Waals surface area contributed by atoms with Crippen molar-refractivity contribution in [2.75, 3.05) is 0 Å². The molecule has 98 valence electrons. The van der Waals surface area contributed by atoms with E-state index in [1.165, 1.54) is 12.1 Å². The molecule has 0 nitrogen and oxygen atoms in total. The second-order valence-electron chi connectivity index (χ2n) is 4.54. The SMILES string of the molecule is Fc1ccccc1-c1ccc(-c2ccccc2F)cc1. The van der Waals surface area contributed by atoms with Crippen LogP contribution in [0.4, 0.5) is 8.78 Å². The van der Waals surface area contributed by atoms with Gasteiger partial charge >= 0.3 is 0 Å². The van der Waals surface area contributed by atoms with E-state index in [0.717, 1.165) is 11.1 Å². The quantitative estimate of drug-likeness (QED) is 0.590. The topological polar surface area (TPSA) is 0 Å². The van der Waals surface area contributed by atoms with E-state index in [0.29, 0.717) is 11.1 Å². The molecular weight excluding hydrogens is 254 g/mol. The monoisotopic (exact) mass is 266 g/mol. The van der Waals surface area contributed by atoms with Crippen LogP contribution in [-0.2, 0) is 0 Å². The molecule has 0 aliphatic carbocycles. The Balaban J connectivity index is 2.01. The second kappa shape index (κ2) is 5.25. The van der Waals surface area contributed by atoms with E-state index in [2.05, 4.69) is 0 Å². The molecule has 0 saturated heterocycles. The maximum absolute atomic E-state index is 13.7. The van der Waals surface area contributed by atoms with Gasteiger partial charge in [0, 0.05) is 11.1 Å². The van der Waals surface area contributed by atoms with Gasteiger partial charge in [0.1, 0.15) is 11.6 Å². The van der Waals surface area contributed by atoms with Gasteiger partial charge in [0.25, 0.3) is 0 Å². The summed E-state index contributed by atoms with van der Waals surface area (Å²) in [5.74, 6) is -0.516. The van der Waals surface area contributed by atoms with Crippen LogP contribution < -0.4 is 0 Å². The summed E-state index contributed by atoms with van der Waals surface area (Å²) in [4.78, 5) is 0. The van der Waals surface area contributed by atoms with E-state index < -0.39 is 0 Å². The molecule has 0 aliphatic rings. The van der Waals surface area contributed by atoms with Crippen LogP contribution in [-0.4, -0.2) is 0 Å². The molecule has 0 fully saturated rings. The molecule has 20 heavy (non-hydrogen) atoms. The highest BCUT2D eigenvalue weighted by molar-refractivity contribution is 5.70. The second-order valence-corrected chi connectivity index (χ2v) is 4.54. The molecule has 0 bridgehead atoms. The minimum absolute atomic E-state index is 0.258. The van der Waals surface area contributed by atoms with E-state index in [1.54, 1.807) is 60.7 Å². The van der Waals surface area contributed by atoms with Gasteiger partial charge in [-0.2, -0.15) is 0 Å². The highest BCUT2D eigenvalue weighted by atomic mass is 19.1. The van der Waals surface area contributed by atoms with Gasteiger partial charge in [0.2, 0.25) is 0 Å². The molecule has 0 amide bonds. The Morgan fingerprint density at radius 1 is 0.450 bits per heavy atom. The lowest BCUT2D eigenvalue weighted by atomic mass is 10.00. The standard InChI is InChI=1S/C18H12F2/c19-17-7-3-1-5-15(17)13-9-11-14(12-10-13)16-6-2-4-8-18(16)20/h1-12H. The summed E-state index contributed by atoms with van der Waals surface area (Å²) in [7, 11) is 0. The first kappa shape index (κ1) is 12.5. The molecule has 3 rings (SSSR count). The zero-order valence-corrected chi connectivity index (χ0v) is 10.7. The van der Waals surface area contributed by atoms with Gasteiger partial charge in [0.05, 0.1) is 0 Å². The van der Waals surface area contributed by atoms with Crippen molar-refractivity contribution in [3.05, 3.63) is 84.4 Å². The van der Waals surface area contributed by atoms with Crippen LogP contribution in [0.2, 0.25) is 0 Å². The molecule has 0 aromatic heterocycles. The van der Waals surface area contributed by atoms with Crippen molar-refractivity contribution in [1.29, 1.82) is 0 Å². The van der Waals surface area contributed by atoms with E-state index >= 15 is 0 Å². The molecule has 0 unspecified atom stereocenters. The predicted molar refractivity (Wildman–Crippen MR) is 77.2 cm³/mol. The van der Waals surface area contributed by atoms with Crippen LogP contribution in [0.1, 0.15) is 0 Å². The maximum atomic E-state index is 13.7. The third kappa shape index (κ3) is 2.32. The Hall–Kier alpha value is -2.48. The summed E-state index contributed by atoms with van der Waals surface area (Å²) >= 11 is 0. The molecule has 0 N–H and O–H groups in total. The lowest BCUT2D eigenvalue weighted by Gasteiger charge is -2.06. The van der Waals surface area contributed by atoms with Crippen molar-refractivity contribution >= 4 is 0 Å². The third-order valence-corrected chi connectivity index (χ3v) is 3.25. The lowest BCUT2D eigenvalue weighted by molar-refractivity contribution is 0.630. The number of hydrogen-bond acceptors (Lipinski definition) is 0. The fourth-order valence-electron chi connectivity index (χ4n) is 2.22. The first-order chi connectivity index (χ1) is 9.75. The molecule has 3 aromatic rings. The van der Waals surface area contributed by atoms with Gasteiger partial charge in [-0.25, -0.2) is 8.78 Å². The fourth-order valence-corrected chi connectivity index (χ4v) is 2.22. The average Bonchev–Trinajstić information content (AvgIpc) is 2.49. The van der Waals surface area contributed by atoms with E-state index in [4.69, 9.17) is 0 Å². The van der Waals surface area contributed by atoms with Crippen LogP contribution in [0.25, 0.3) is 22.3 Å². The van der Waals surface area contributed by atoms with Gasteiger partial charge in [-0.3, -0.25) is 0 Å². The Kier molecular flexibility index (Phi) is 3.30. The van der Waals surface area contributed by atoms with Crippen molar-refractivity contribution in [3.8, 4) is 22.3 Å². The first-order valence-electron chi connectivity index (χ1n) is 6.35. The number of hydrogen-bond donors (Lipinski definition) is 0. The average molecular weight is 266 g/mol. The van der Waals surface area contributed by atoms with Crippen molar-refractivity contribution in [2.24, 2.45) is 0 Å². The molecule has 2 heteroatoms. The Bertz CT molecular complexity index is 666. The van der Waals surface area contributed by atoms with Gasteiger partial charge < -0.3 is 0 Å². The zero-order chi connectivity index (χ0) is 13.9. The predicted octanol–water partition coefficient (Wildman–Crippen LogP) is 5.30. The summed E-state index contributed by atoms with van der Waals surface area (Å²) in [6, 6.07) is 20.5. The number of rotatable bonds is 2. The molecule has 0 spiro atoms. The van der Waals surface area contributed by atoms with Gasteiger partial charge in [0.15, 0.2) is 0 Å². The third-order valence-electron chi connectivity index (χ3n) is 3.25. The minimum Gasteiger partial charge on any atom is -0.206 e. The molecule has 0 radical (unpaired) electrons. The van der Waals surface area contributed by atoms with Crippen LogP contribution in [0, 0.1) is 11.6 Å². The van der Waals surface area contributed by atoms with Crippen LogP contribution in [0.5, 0.6) is 0 Å². The number of halogens is 2. The maximum Gasteiger partial charge on any atom is 0.131 e. The summed E-state index contributed by atoms with van der Waals surface area (Å²) in [5.41, 5.74) is 2.66. The van der Waals surface area contributed by atoms with E-state index in [-0.39, 0.29) is 11.6 Å². The van der Waals surface area contributed by atoms with Gasteiger partial charge in [-0.15, -0.1) is 0 Å². The van der Waals surface area contributed by atoms with Crippen molar-refractivity contribution < 1.29 is 8.78 Å². The smallest absolute Gasteiger partial charge is 0.131 e. The Morgan fingerprint density at radius 2 is 0.800 bits per heavy atom. The number of benzene rings is 3. The Morgan fingerprint density at radius 3 is 1.15 bits per heavy atom. The lowest BCUT2D eigenvalue weighted by Crippen LogP contribution is -1.86. The largest absolute Gasteiger partial charge is 0.206 e. The van der Waals surface area contributed by atoms with Gasteiger partial charge in [-0.05, 0) is 23.3 Å². The molecule has 3 aromatic carbocycles. The van der Waals surface area contributed by atoms with E-state index in [9.17, 15) is 8.78 Å². The molecule has 0 saturated carbocycles. The van der Waals surface area contributed by atoms with Gasteiger partial charge in [-0.1, -0.05) is 60.7 Å². The summed E-state index contributed by atoms with van der Waals surface area (Å²) in [5, 5.41) is 0. The van der Waals surface area contributed by atoms with Crippen molar-refractivity contribution in [3.63, 3.8) is 0 Å². The summed E-state index contributed by atoms with van der Waals surface area (Å²) < 4.78 is 27.4. The molecule has 0 aliphatic heterocycles. The highest BCUT2D eigenvalue weighted by Crippen LogP contribution is 2.27. The van der Waals surface area contributed by atoms with Crippen molar-refractivity contribution in [1.82, 2.24) is 0 Å². The highest BCUT2D eigenvalue weighted by Gasteiger charge is 2.06. The summed E-state index contributed by atoms with van der Waals surface area (Å²) in [6.45, 7) is 0. The summed E-state index contributed by atoms with van der Waals surface area (Å²) in [6.07, 6.45) is 0.